The van der Waals surface area contributed by atoms with Gasteiger partial charge in [0.05, 0.1) is 0 Å². The number of nitrogens with two attached hydrogens (primary N) is 1. The van der Waals surface area contributed by atoms with Crippen molar-refractivity contribution in [3.8, 4) is 0 Å². The van der Waals surface area contributed by atoms with Gasteiger partial charge in [-0.05, 0) is 45.4 Å². The molecule has 0 aliphatic carbocycles. The third kappa shape index (κ3) is 10.1. The van der Waals surface area contributed by atoms with Gasteiger partial charge < -0.3 is 10.2 Å². The fraction of sp³-hybridized carbons (Fsp3) is 1.00. The van der Waals surface area contributed by atoms with E-state index in [0.29, 0.717) is 0 Å². The summed E-state index contributed by atoms with van der Waals surface area (Å²) in [5.41, 5.74) is 5.36. The van der Waals surface area contributed by atoms with Crippen LogP contribution in [0.4, 0.5) is 0 Å². The Morgan fingerprint density at radius 1 is 1.09 bits per heavy atom. The lowest BCUT2D eigenvalue weighted by atomic mass is 10.2. The van der Waals surface area contributed by atoms with Gasteiger partial charge in [0.25, 0.3) is 0 Å². The average molecular weight is 175 g/mol. The van der Waals surface area contributed by atoms with Crippen LogP contribution in [0.15, 0.2) is 0 Å². The zero-order valence-corrected chi connectivity index (χ0v) is 9.02. The first-order valence-corrected chi connectivity index (χ1v) is 7.81. The first-order chi connectivity index (χ1) is 5.06. The Labute approximate surface area is 71.3 Å². The first kappa shape index (κ1) is 11.1. The smallest absolute Gasteiger partial charge is 0.183 e. The Kier molecular flexibility index (Phi) is 5.82. The van der Waals surface area contributed by atoms with Crippen LogP contribution in [-0.2, 0) is 4.43 Å². The Balaban J connectivity index is 3.02. The fourth-order valence-corrected chi connectivity index (χ4v) is 1.56. The molecule has 2 nitrogen and oxygen atoms in total. The van der Waals surface area contributed by atoms with Gasteiger partial charge in [-0.15, -0.1) is 0 Å². The van der Waals surface area contributed by atoms with Crippen molar-refractivity contribution in [3.63, 3.8) is 0 Å². The standard InChI is InChI=1S/C8H21NOSi/c1-11(2,3)10-8-6-4-5-7-9/h4-9H2,1-3H3. The van der Waals surface area contributed by atoms with Gasteiger partial charge in [0.1, 0.15) is 0 Å². The zero-order valence-electron chi connectivity index (χ0n) is 8.02. The summed E-state index contributed by atoms with van der Waals surface area (Å²) in [4.78, 5) is 0. The molecule has 0 saturated heterocycles. The topological polar surface area (TPSA) is 35.2 Å². The number of hydrogen-bond donors (Lipinski definition) is 1. The van der Waals surface area contributed by atoms with Crippen LogP contribution in [-0.4, -0.2) is 21.5 Å². The van der Waals surface area contributed by atoms with Crippen LogP contribution in [0.1, 0.15) is 19.3 Å². The normalized spacial score (nSPS) is 12.0. The molecule has 0 fully saturated rings. The second-order valence-corrected chi connectivity index (χ2v) is 8.32. The van der Waals surface area contributed by atoms with E-state index in [1.807, 2.05) is 0 Å². The molecule has 0 aromatic heterocycles. The minimum absolute atomic E-state index is 0.812. The van der Waals surface area contributed by atoms with Crippen molar-refractivity contribution in [1.29, 1.82) is 0 Å². The van der Waals surface area contributed by atoms with E-state index in [0.717, 1.165) is 19.6 Å². The van der Waals surface area contributed by atoms with Crippen LogP contribution in [0, 0.1) is 0 Å². The first-order valence-electron chi connectivity index (χ1n) is 4.40. The van der Waals surface area contributed by atoms with Crippen molar-refractivity contribution in [1.82, 2.24) is 0 Å². The summed E-state index contributed by atoms with van der Waals surface area (Å²) in [6.45, 7) is 8.39. The summed E-state index contributed by atoms with van der Waals surface area (Å²) in [6.07, 6.45) is 3.51. The Morgan fingerprint density at radius 2 is 1.73 bits per heavy atom. The molecule has 2 N–H and O–H groups in total. The van der Waals surface area contributed by atoms with Crippen LogP contribution >= 0.6 is 0 Å². The lowest BCUT2D eigenvalue weighted by molar-refractivity contribution is 0.299. The van der Waals surface area contributed by atoms with E-state index in [4.69, 9.17) is 10.2 Å². The Morgan fingerprint density at radius 3 is 2.18 bits per heavy atom. The van der Waals surface area contributed by atoms with Crippen LogP contribution < -0.4 is 5.73 Å². The molecule has 0 bridgehead atoms. The van der Waals surface area contributed by atoms with Crippen LogP contribution in [0.2, 0.25) is 19.6 Å². The monoisotopic (exact) mass is 175 g/mol. The van der Waals surface area contributed by atoms with Gasteiger partial charge in [-0.3, -0.25) is 0 Å². The molecule has 0 amide bonds. The van der Waals surface area contributed by atoms with E-state index < -0.39 is 8.32 Å². The van der Waals surface area contributed by atoms with E-state index >= 15 is 0 Å². The van der Waals surface area contributed by atoms with Crippen LogP contribution in [0.25, 0.3) is 0 Å². The van der Waals surface area contributed by atoms with E-state index in [2.05, 4.69) is 19.6 Å². The average Bonchev–Trinajstić information content (AvgIpc) is 1.85. The molecule has 0 spiro atoms. The van der Waals surface area contributed by atoms with E-state index in [9.17, 15) is 0 Å². The highest BCUT2D eigenvalue weighted by Gasteiger charge is 2.12. The van der Waals surface area contributed by atoms with E-state index in [-0.39, 0.29) is 0 Å². The van der Waals surface area contributed by atoms with Gasteiger partial charge in [-0.1, -0.05) is 0 Å². The number of rotatable bonds is 6. The molecule has 3 heteroatoms. The Hall–Kier alpha value is 0.137. The van der Waals surface area contributed by atoms with E-state index in [1.165, 1.54) is 12.8 Å². The van der Waals surface area contributed by atoms with Gasteiger partial charge in [0.15, 0.2) is 8.32 Å². The fourth-order valence-electron chi connectivity index (χ4n) is 0.802. The largest absolute Gasteiger partial charge is 0.418 e. The molecule has 68 valence electrons. The van der Waals surface area contributed by atoms with Crippen LogP contribution in [0.5, 0.6) is 0 Å². The lowest BCUT2D eigenvalue weighted by Crippen LogP contribution is -2.25. The maximum atomic E-state index is 5.67. The van der Waals surface area contributed by atoms with Crippen LogP contribution in [0.3, 0.4) is 0 Å². The molecule has 0 radical (unpaired) electrons. The molecule has 0 atom stereocenters. The predicted molar refractivity (Wildman–Crippen MR) is 52.2 cm³/mol. The number of hydrogen-bond acceptors (Lipinski definition) is 2. The summed E-state index contributed by atoms with van der Waals surface area (Å²) in [5.74, 6) is 0. The van der Waals surface area contributed by atoms with Gasteiger partial charge >= 0.3 is 0 Å². The summed E-state index contributed by atoms with van der Waals surface area (Å²) in [7, 11) is -1.25. The third-order valence-electron chi connectivity index (χ3n) is 1.38. The van der Waals surface area contributed by atoms with Crippen molar-refractivity contribution in [2.75, 3.05) is 13.2 Å². The molecule has 0 aromatic carbocycles. The van der Waals surface area contributed by atoms with Crippen molar-refractivity contribution in [2.24, 2.45) is 5.73 Å². The molecule has 0 aromatic rings. The van der Waals surface area contributed by atoms with Gasteiger partial charge in [0.2, 0.25) is 0 Å². The highest BCUT2D eigenvalue weighted by Crippen LogP contribution is 2.04. The minimum Gasteiger partial charge on any atom is -0.418 e. The van der Waals surface area contributed by atoms with Gasteiger partial charge in [0, 0.05) is 6.61 Å². The quantitative estimate of drug-likeness (QED) is 0.495. The second-order valence-electron chi connectivity index (χ2n) is 3.81. The van der Waals surface area contributed by atoms with Crippen molar-refractivity contribution >= 4 is 8.32 Å². The van der Waals surface area contributed by atoms with Gasteiger partial charge in [-0.2, -0.15) is 0 Å². The minimum atomic E-state index is -1.25. The summed E-state index contributed by atoms with van der Waals surface area (Å²) < 4.78 is 5.67. The van der Waals surface area contributed by atoms with Crippen molar-refractivity contribution in [3.05, 3.63) is 0 Å². The Bertz CT molecular complexity index is 90.6. The molecule has 0 rings (SSSR count). The molecular formula is C8H21NOSi. The van der Waals surface area contributed by atoms with Crippen molar-refractivity contribution < 1.29 is 4.43 Å². The number of unbranched alkanes of at least 4 members (excludes halogenated alkanes) is 2. The second kappa shape index (κ2) is 5.74. The zero-order chi connectivity index (χ0) is 8.74. The summed E-state index contributed by atoms with van der Waals surface area (Å²) in [5, 5.41) is 0. The molecular weight excluding hydrogens is 154 g/mol. The summed E-state index contributed by atoms with van der Waals surface area (Å²) in [6, 6.07) is 0. The van der Waals surface area contributed by atoms with Crippen molar-refractivity contribution in [2.45, 2.75) is 38.9 Å². The third-order valence-corrected chi connectivity index (χ3v) is 2.45. The van der Waals surface area contributed by atoms with Gasteiger partial charge in [-0.25, -0.2) is 0 Å². The molecule has 0 saturated carbocycles. The maximum absolute atomic E-state index is 5.67. The summed E-state index contributed by atoms with van der Waals surface area (Å²) >= 11 is 0. The molecule has 0 unspecified atom stereocenters. The maximum Gasteiger partial charge on any atom is 0.183 e. The molecule has 0 heterocycles. The molecule has 0 aliphatic heterocycles. The highest BCUT2D eigenvalue weighted by molar-refractivity contribution is 6.69. The predicted octanol–water partition coefficient (Wildman–Crippen LogP) is 1.97. The lowest BCUT2D eigenvalue weighted by Gasteiger charge is -2.16. The highest BCUT2D eigenvalue weighted by atomic mass is 28.4. The molecule has 0 aliphatic rings. The SMILES string of the molecule is C[Si](C)(C)OCCCCCN. The molecule has 11 heavy (non-hydrogen) atoms. The van der Waals surface area contributed by atoms with E-state index in [1.54, 1.807) is 0 Å².